The first-order valence-corrected chi connectivity index (χ1v) is 5.51. The molecule has 0 amide bonds. The quantitative estimate of drug-likeness (QED) is 0.540. The van der Waals surface area contributed by atoms with Crippen LogP contribution in [-0.2, 0) is 19.1 Å². The highest BCUT2D eigenvalue weighted by atomic mass is 79.9. The standard InChI is InChI=1S/C9H15BrO4/c1-7(11)13-4-3-9(5-10)6-14-8(2)12/h9H,3-6H2,1-2H3. The second kappa shape index (κ2) is 7.79. The first-order chi connectivity index (χ1) is 6.56. The lowest BCUT2D eigenvalue weighted by molar-refractivity contribution is -0.144. The molecule has 0 saturated carbocycles. The molecule has 0 aliphatic rings. The SMILES string of the molecule is CC(=O)OCCC(CBr)COC(C)=O. The van der Waals surface area contributed by atoms with Gasteiger partial charge in [0, 0.05) is 25.1 Å². The minimum Gasteiger partial charge on any atom is -0.466 e. The van der Waals surface area contributed by atoms with Gasteiger partial charge in [-0.2, -0.15) is 0 Å². The molecule has 4 nitrogen and oxygen atoms in total. The normalized spacial score (nSPS) is 11.9. The van der Waals surface area contributed by atoms with Crippen molar-refractivity contribution >= 4 is 27.9 Å². The van der Waals surface area contributed by atoms with Crippen molar-refractivity contribution in [2.24, 2.45) is 5.92 Å². The van der Waals surface area contributed by atoms with Gasteiger partial charge in [0.15, 0.2) is 0 Å². The summed E-state index contributed by atoms with van der Waals surface area (Å²) < 4.78 is 9.62. The molecular formula is C9H15BrO4. The first-order valence-electron chi connectivity index (χ1n) is 4.39. The van der Waals surface area contributed by atoms with E-state index in [1.165, 1.54) is 13.8 Å². The van der Waals surface area contributed by atoms with Crippen molar-refractivity contribution in [2.75, 3.05) is 18.5 Å². The smallest absolute Gasteiger partial charge is 0.302 e. The molecule has 0 aromatic heterocycles. The van der Waals surface area contributed by atoms with Gasteiger partial charge in [-0.3, -0.25) is 9.59 Å². The second-order valence-electron chi connectivity index (χ2n) is 2.95. The molecule has 0 bridgehead atoms. The van der Waals surface area contributed by atoms with Crippen molar-refractivity contribution in [1.29, 1.82) is 0 Å². The Morgan fingerprint density at radius 2 is 1.79 bits per heavy atom. The van der Waals surface area contributed by atoms with Crippen LogP contribution in [0, 0.1) is 5.92 Å². The number of hydrogen-bond donors (Lipinski definition) is 0. The number of esters is 2. The molecule has 0 spiro atoms. The van der Waals surface area contributed by atoms with Crippen molar-refractivity contribution in [3.63, 3.8) is 0 Å². The molecule has 0 aliphatic heterocycles. The lowest BCUT2D eigenvalue weighted by Crippen LogP contribution is -2.16. The Morgan fingerprint density at radius 3 is 2.21 bits per heavy atom. The monoisotopic (exact) mass is 266 g/mol. The Labute approximate surface area is 92.1 Å². The average Bonchev–Trinajstić information content (AvgIpc) is 2.10. The Morgan fingerprint density at radius 1 is 1.21 bits per heavy atom. The second-order valence-corrected chi connectivity index (χ2v) is 3.60. The highest BCUT2D eigenvalue weighted by Gasteiger charge is 2.09. The Hall–Kier alpha value is -0.580. The van der Waals surface area contributed by atoms with Gasteiger partial charge in [-0.1, -0.05) is 15.9 Å². The van der Waals surface area contributed by atoms with Gasteiger partial charge in [0.25, 0.3) is 0 Å². The largest absolute Gasteiger partial charge is 0.466 e. The molecule has 14 heavy (non-hydrogen) atoms. The van der Waals surface area contributed by atoms with Crippen molar-refractivity contribution < 1.29 is 19.1 Å². The number of carbonyl (C=O) groups is 2. The van der Waals surface area contributed by atoms with Crippen LogP contribution in [0.1, 0.15) is 20.3 Å². The zero-order valence-corrected chi connectivity index (χ0v) is 10.0. The fraction of sp³-hybridized carbons (Fsp3) is 0.778. The Balaban J connectivity index is 3.57. The third-order valence-corrected chi connectivity index (χ3v) is 2.49. The maximum atomic E-state index is 10.5. The van der Waals surface area contributed by atoms with Crippen LogP contribution in [0.2, 0.25) is 0 Å². The zero-order chi connectivity index (χ0) is 11.0. The summed E-state index contributed by atoms with van der Waals surface area (Å²) in [6.45, 7) is 3.47. The predicted molar refractivity (Wildman–Crippen MR) is 55.2 cm³/mol. The summed E-state index contributed by atoms with van der Waals surface area (Å²) in [6.07, 6.45) is 0.693. The van der Waals surface area contributed by atoms with Crippen molar-refractivity contribution in [3.8, 4) is 0 Å². The molecule has 1 atom stereocenters. The van der Waals surface area contributed by atoms with Gasteiger partial charge in [0.2, 0.25) is 0 Å². The fourth-order valence-corrected chi connectivity index (χ4v) is 1.32. The van der Waals surface area contributed by atoms with Crippen LogP contribution in [-0.4, -0.2) is 30.5 Å². The number of alkyl halides is 1. The van der Waals surface area contributed by atoms with E-state index in [0.717, 1.165) is 5.33 Å². The Bertz CT molecular complexity index is 193. The summed E-state index contributed by atoms with van der Waals surface area (Å²) in [6, 6.07) is 0. The van der Waals surface area contributed by atoms with Crippen LogP contribution in [0.5, 0.6) is 0 Å². The maximum absolute atomic E-state index is 10.5. The summed E-state index contributed by atoms with van der Waals surface area (Å²) in [7, 11) is 0. The first kappa shape index (κ1) is 13.4. The molecule has 0 aromatic rings. The summed E-state index contributed by atoms with van der Waals surface area (Å²) in [5.41, 5.74) is 0. The van der Waals surface area contributed by atoms with E-state index in [9.17, 15) is 9.59 Å². The van der Waals surface area contributed by atoms with E-state index in [2.05, 4.69) is 15.9 Å². The van der Waals surface area contributed by atoms with E-state index < -0.39 is 0 Å². The molecule has 82 valence electrons. The lowest BCUT2D eigenvalue weighted by atomic mass is 10.1. The van der Waals surface area contributed by atoms with Gasteiger partial charge in [0.05, 0.1) is 13.2 Å². The minimum absolute atomic E-state index is 0.193. The van der Waals surface area contributed by atoms with Gasteiger partial charge in [-0.05, 0) is 6.42 Å². The van der Waals surface area contributed by atoms with Crippen molar-refractivity contribution in [2.45, 2.75) is 20.3 Å². The molecule has 0 N–H and O–H groups in total. The molecule has 1 unspecified atom stereocenters. The molecule has 0 fully saturated rings. The molecule has 0 radical (unpaired) electrons. The van der Waals surface area contributed by atoms with E-state index >= 15 is 0 Å². The molecule has 5 heteroatoms. The van der Waals surface area contributed by atoms with E-state index in [1.54, 1.807) is 0 Å². The summed E-state index contributed by atoms with van der Waals surface area (Å²) in [4.78, 5) is 21.0. The number of hydrogen-bond acceptors (Lipinski definition) is 4. The third-order valence-electron chi connectivity index (χ3n) is 1.57. The van der Waals surface area contributed by atoms with Crippen molar-refractivity contribution in [1.82, 2.24) is 0 Å². The highest BCUT2D eigenvalue weighted by molar-refractivity contribution is 9.09. The topological polar surface area (TPSA) is 52.6 Å². The fourth-order valence-electron chi connectivity index (χ4n) is 0.810. The van der Waals surface area contributed by atoms with E-state index in [4.69, 9.17) is 9.47 Å². The summed E-state index contributed by atoms with van der Waals surface area (Å²) in [5, 5.41) is 0.724. The highest BCUT2D eigenvalue weighted by Crippen LogP contribution is 2.08. The van der Waals surface area contributed by atoms with Gasteiger partial charge >= 0.3 is 11.9 Å². The van der Waals surface area contributed by atoms with E-state index in [-0.39, 0.29) is 17.9 Å². The predicted octanol–water partition coefficient (Wildman–Crippen LogP) is 1.51. The number of halogens is 1. The molecule has 0 rings (SSSR count). The zero-order valence-electron chi connectivity index (χ0n) is 8.42. The van der Waals surface area contributed by atoms with Crippen LogP contribution in [0.3, 0.4) is 0 Å². The van der Waals surface area contributed by atoms with Crippen LogP contribution in [0.25, 0.3) is 0 Å². The van der Waals surface area contributed by atoms with Crippen LogP contribution >= 0.6 is 15.9 Å². The molecule has 0 heterocycles. The average molecular weight is 267 g/mol. The molecule has 0 aromatic carbocycles. The lowest BCUT2D eigenvalue weighted by Gasteiger charge is -2.13. The molecule has 0 saturated heterocycles. The van der Waals surface area contributed by atoms with E-state index in [0.29, 0.717) is 19.6 Å². The number of rotatable bonds is 6. The van der Waals surface area contributed by atoms with Crippen LogP contribution in [0.4, 0.5) is 0 Å². The van der Waals surface area contributed by atoms with Gasteiger partial charge < -0.3 is 9.47 Å². The van der Waals surface area contributed by atoms with Crippen LogP contribution < -0.4 is 0 Å². The van der Waals surface area contributed by atoms with Gasteiger partial charge in [-0.15, -0.1) is 0 Å². The summed E-state index contributed by atoms with van der Waals surface area (Å²) >= 11 is 3.30. The number of ether oxygens (including phenoxy) is 2. The van der Waals surface area contributed by atoms with E-state index in [1.807, 2.05) is 0 Å². The summed E-state index contributed by atoms with van der Waals surface area (Å²) in [5.74, 6) is -0.382. The third kappa shape index (κ3) is 8.04. The maximum Gasteiger partial charge on any atom is 0.302 e. The van der Waals surface area contributed by atoms with Gasteiger partial charge in [-0.25, -0.2) is 0 Å². The molecular weight excluding hydrogens is 252 g/mol. The van der Waals surface area contributed by atoms with Crippen molar-refractivity contribution in [3.05, 3.63) is 0 Å². The van der Waals surface area contributed by atoms with Gasteiger partial charge in [0.1, 0.15) is 0 Å². The number of carbonyl (C=O) groups excluding carboxylic acids is 2. The Kier molecular flexibility index (Phi) is 7.47. The van der Waals surface area contributed by atoms with Crippen LogP contribution in [0.15, 0.2) is 0 Å². The molecule has 0 aliphatic carbocycles. The minimum atomic E-state index is -0.288.